The average Bonchev–Trinajstić information content (AvgIpc) is 2.39. The molecule has 1 amide bonds. The van der Waals surface area contributed by atoms with Crippen LogP contribution in [0.5, 0.6) is 0 Å². The molecule has 0 fully saturated rings. The Kier molecular flexibility index (Phi) is 6.56. The number of likely N-dealkylation sites (N-methyl/N-ethyl adjacent to an activating group) is 1. The van der Waals surface area contributed by atoms with Gasteiger partial charge in [-0.25, -0.2) is 0 Å². The number of carbonyl (C=O) groups is 2. The maximum absolute atomic E-state index is 12.4. The Balaban J connectivity index is 2.70. The summed E-state index contributed by atoms with van der Waals surface area (Å²) in [7, 11) is 0. The second-order valence-electron chi connectivity index (χ2n) is 5.77. The molecule has 0 radical (unpaired) electrons. The lowest BCUT2D eigenvalue weighted by molar-refractivity contribution is -0.122. The van der Waals surface area contributed by atoms with Crippen LogP contribution in [-0.2, 0) is 4.79 Å². The topological polar surface area (TPSA) is 49.4 Å². The Labute approximate surface area is 127 Å². The molecular weight excluding hydrogens is 264 g/mol. The van der Waals surface area contributed by atoms with Gasteiger partial charge in [0.1, 0.15) is 0 Å². The highest BCUT2D eigenvalue weighted by atomic mass is 16.2. The van der Waals surface area contributed by atoms with Crippen molar-refractivity contribution in [3.63, 3.8) is 0 Å². The van der Waals surface area contributed by atoms with Crippen molar-refractivity contribution < 1.29 is 9.59 Å². The van der Waals surface area contributed by atoms with E-state index < -0.39 is 0 Å². The van der Waals surface area contributed by atoms with Crippen molar-refractivity contribution in [1.82, 2.24) is 10.2 Å². The molecule has 4 nitrogen and oxygen atoms in total. The maximum atomic E-state index is 12.4. The summed E-state index contributed by atoms with van der Waals surface area (Å²) in [6.45, 7) is 10.9. The molecule has 0 aromatic heterocycles. The van der Waals surface area contributed by atoms with Gasteiger partial charge in [-0.3, -0.25) is 14.5 Å². The van der Waals surface area contributed by atoms with Crippen molar-refractivity contribution in [2.24, 2.45) is 0 Å². The van der Waals surface area contributed by atoms with Crippen LogP contribution in [-0.4, -0.2) is 42.3 Å². The first kappa shape index (κ1) is 17.4. The van der Waals surface area contributed by atoms with E-state index in [9.17, 15) is 9.59 Å². The molecule has 0 spiro atoms. The van der Waals surface area contributed by atoms with Crippen molar-refractivity contribution in [2.45, 2.75) is 40.7 Å². The summed E-state index contributed by atoms with van der Waals surface area (Å²) in [4.78, 5) is 26.1. The molecule has 0 bridgehead atoms. The number of carbonyl (C=O) groups excluding carboxylic acids is 2. The van der Waals surface area contributed by atoms with E-state index in [0.29, 0.717) is 6.54 Å². The normalized spacial score (nSPS) is 11.0. The van der Waals surface area contributed by atoms with Gasteiger partial charge in [-0.05, 0) is 45.9 Å². The smallest absolute Gasteiger partial charge is 0.234 e. The highest BCUT2D eigenvalue weighted by Gasteiger charge is 2.16. The molecule has 1 aromatic carbocycles. The maximum Gasteiger partial charge on any atom is 0.234 e. The molecule has 0 unspecified atom stereocenters. The molecule has 0 saturated carbocycles. The molecule has 21 heavy (non-hydrogen) atoms. The second kappa shape index (κ2) is 7.93. The Bertz CT molecular complexity index is 510. The highest BCUT2D eigenvalue weighted by molar-refractivity contribution is 5.99. The number of ketones is 1. The summed E-state index contributed by atoms with van der Waals surface area (Å²) in [5.41, 5.74) is 2.80. The van der Waals surface area contributed by atoms with Crippen LogP contribution in [0.2, 0.25) is 0 Å². The van der Waals surface area contributed by atoms with Gasteiger partial charge in [0.25, 0.3) is 0 Å². The highest BCUT2D eigenvalue weighted by Crippen LogP contribution is 2.12. The number of benzene rings is 1. The number of rotatable bonds is 7. The number of Topliss-reactive ketones (excluding diaryl/α,β-unsaturated/α-hetero) is 1. The van der Waals surface area contributed by atoms with Crippen LogP contribution in [0.15, 0.2) is 18.2 Å². The van der Waals surface area contributed by atoms with Crippen LogP contribution in [0.25, 0.3) is 0 Å². The summed E-state index contributed by atoms with van der Waals surface area (Å²) in [5, 5.41) is 2.85. The van der Waals surface area contributed by atoms with E-state index in [2.05, 4.69) is 5.32 Å². The van der Waals surface area contributed by atoms with E-state index >= 15 is 0 Å². The molecule has 1 aromatic rings. The fourth-order valence-electron chi connectivity index (χ4n) is 2.17. The van der Waals surface area contributed by atoms with E-state index in [-0.39, 0.29) is 30.8 Å². The van der Waals surface area contributed by atoms with Crippen molar-refractivity contribution in [1.29, 1.82) is 0 Å². The molecule has 0 aliphatic carbocycles. The van der Waals surface area contributed by atoms with Crippen molar-refractivity contribution in [2.75, 3.05) is 19.6 Å². The number of nitrogens with zero attached hydrogens (tertiary/aromatic N) is 1. The fourth-order valence-corrected chi connectivity index (χ4v) is 2.17. The molecule has 1 rings (SSSR count). The Hall–Kier alpha value is -1.68. The van der Waals surface area contributed by atoms with Gasteiger partial charge in [0, 0.05) is 11.6 Å². The third-order valence-electron chi connectivity index (χ3n) is 3.32. The number of aryl methyl sites for hydroxylation is 2. The molecule has 0 heterocycles. The number of amides is 1. The average molecular weight is 290 g/mol. The minimum absolute atomic E-state index is 0.0411. The van der Waals surface area contributed by atoms with E-state index in [4.69, 9.17) is 0 Å². The molecule has 116 valence electrons. The SMILES string of the molecule is CCN(CC(=O)NC(C)C)CC(=O)c1cc(C)ccc1C. The number of hydrogen-bond acceptors (Lipinski definition) is 3. The van der Waals surface area contributed by atoms with Gasteiger partial charge in [0.15, 0.2) is 5.78 Å². The standard InChI is InChI=1S/C17H26N2O2/c1-6-19(11-17(21)18-12(2)3)10-16(20)15-9-13(4)7-8-14(15)5/h7-9,12H,6,10-11H2,1-5H3,(H,18,21). The lowest BCUT2D eigenvalue weighted by Crippen LogP contribution is -2.42. The second-order valence-corrected chi connectivity index (χ2v) is 5.77. The van der Waals surface area contributed by atoms with Gasteiger partial charge >= 0.3 is 0 Å². The largest absolute Gasteiger partial charge is 0.353 e. The van der Waals surface area contributed by atoms with Crippen LogP contribution in [0.4, 0.5) is 0 Å². The van der Waals surface area contributed by atoms with Crippen molar-refractivity contribution in [3.8, 4) is 0 Å². The monoisotopic (exact) mass is 290 g/mol. The van der Waals surface area contributed by atoms with Crippen LogP contribution in [0.1, 0.15) is 42.3 Å². The predicted octanol–water partition coefficient (Wildman–Crippen LogP) is 2.33. The van der Waals surface area contributed by atoms with E-state index in [1.807, 2.05) is 57.7 Å². The quantitative estimate of drug-likeness (QED) is 0.784. The molecule has 0 atom stereocenters. The van der Waals surface area contributed by atoms with E-state index in [0.717, 1.165) is 16.7 Å². The predicted molar refractivity (Wildman–Crippen MR) is 85.6 cm³/mol. The number of nitrogens with one attached hydrogen (secondary N) is 1. The molecule has 4 heteroatoms. The van der Waals surface area contributed by atoms with Crippen molar-refractivity contribution >= 4 is 11.7 Å². The first-order valence-corrected chi connectivity index (χ1v) is 7.45. The Morgan fingerprint density at radius 3 is 2.43 bits per heavy atom. The lowest BCUT2D eigenvalue weighted by Gasteiger charge is -2.20. The first-order chi connectivity index (χ1) is 9.83. The summed E-state index contributed by atoms with van der Waals surface area (Å²) < 4.78 is 0. The third kappa shape index (κ3) is 5.68. The molecule has 0 aliphatic heterocycles. The molecule has 0 aliphatic rings. The minimum atomic E-state index is -0.0411. The van der Waals surface area contributed by atoms with Crippen LogP contribution >= 0.6 is 0 Å². The molecular formula is C17H26N2O2. The van der Waals surface area contributed by atoms with E-state index in [1.165, 1.54) is 0 Å². The van der Waals surface area contributed by atoms with Crippen LogP contribution in [0.3, 0.4) is 0 Å². The summed E-state index contributed by atoms with van der Waals surface area (Å²) in [5.74, 6) is 0.0241. The van der Waals surface area contributed by atoms with Gasteiger partial charge in [-0.1, -0.05) is 24.6 Å². The third-order valence-corrected chi connectivity index (χ3v) is 3.32. The fraction of sp³-hybridized carbons (Fsp3) is 0.529. The number of hydrogen-bond donors (Lipinski definition) is 1. The first-order valence-electron chi connectivity index (χ1n) is 7.45. The summed E-state index contributed by atoms with van der Waals surface area (Å²) in [6.07, 6.45) is 0. The lowest BCUT2D eigenvalue weighted by atomic mass is 10.0. The van der Waals surface area contributed by atoms with Crippen molar-refractivity contribution in [3.05, 3.63) is 34.9 Å². The van der Waals surface area contributed by atoms with Gasteiger partial charge < -0.3 is 5.32 Å². The zero-order valence-electron chi connectivity index (χ0n) is 13.7. The Morgan fingerprint density at radius 1 is 1.19 bits per heavy atom. The van der Waals surface area contributed by atoms with Gasteiger partial charge in [-0.15, -0.1) is 0 Å². The van der Waals surface area contributed by atoms with E-state index in [1.54, 1.807) is 0 Å². The van der Waals surface area contributed by atoms with Crippen LogP contribution < -0.4 is 5.32 Å². The zero-order chi connectivity index (χ0) is 16.0. The summed E-state index contributed by atoms with van der Waals surface area (Å²) in [6, 6.07) is 6.00. The summed E-state index contributed by atoms with van der Waals surface area (Å²) >= 11 is 0. The van der Waals surface area contributed by atoms with Gasteiger partial charge in [-0.2, -0.15) is 0 Å². The van der Waals surface area contributed by atoms with Gasteiger partial charge in [0.05, 0.1) is 13.1 Å². The zero-order valence-corrected chi connectivity index (χ0v) is 13.7. The Morgan fingerprint density at radius 2 is 1.86 bits per heavy atom. The van der Waals surface area contributed by atoms with Gasteiger partial charge in [0.2, 0.25) is 5.91 Å². The molecule has 0 saturated heterocycles. The van der Waals surface area contributed by atoms with Crippen LogP contribution in [0, 0.1) is 13.8 Å². The molecule has 1 N–H and O–H groups in total. The minimum Gasteiger partial charge on any atom is -0.353 e.